The fourth-order valence-corrected chi connectivity index (χ4v) is 3.29. The maximum atomic E-state index is 13.3. The molecule has 0 radical (unpaired) electrons. The Balaban J connectivity index is 1.54. The average Bonchev–Trinajstić information content (AvgIpc) is 2.76. The highest BCUT2D eigenvalue weighted by molar-refractivity contribution is 6.32. The molecule has 0 bridgehead atoms. The molecule has 152 valence electrons. The molecule has 3 aromatic carbocycles. The van der Waals surface area contributed by atoms with E-state index in [1.165, 1.54) is 6.20 Å². The molecule has 0 spiro atoms. The number of nitrogens with zero attached hydrogens (tertiary/aromatic N) is 2. The minimum absolute atomic E-state index is 0.222. The minimum Gasteiger partial charge on any atom is -0.497 e. The Kier molecular flexibility index (Phi) is 5.68. The van der Waals surface area contributed by atoms with Gasteiger partial charge in [0.2, 0.25) is 0 Å². The van der Waals surface area contributed by atoms with Crippen LogP contribution < -0.4 is 14.8 Å². The fourth-order valence-electron chi connectivity index (χ4n) is 3.15. The van der Waals surface area contributed by atoms with E-state index >= 15 is 0 Å². The first-order valence-electron chi connectivity index (χ1n) is 9.27. The van der Waals surface area contributed by atoms with Crippen LogP contribution in [0.1, 0.15) is 11.1 Å². The van der Waals surface area contributed by atoms with Gasteiger partial charge in [0.05, 0.1) is 13.3 Å². The van der Waals surface area contributed by atoms with Crippen molar-refractivity contribution >= 4 is 33.9 Å². The van der Waals surface area contributed by atoms with E-state index in [9.17, 15) is 4.39 Å². The summed E-state index contributed by atoms with van der Waals surface area (Å²) in [5.74, 6) is 1.86. The summed E-state index contributed by atoms with van der Waals surface area (Å²) < 4.78 is 24.5. The largest absolute Gasteiger partial charge is 0.497 e. The summed E-state index contributed by atoms with van der Waals surface area (Å²) in [5, 5.41) is 5.35. The van der Waals surface area contributed by atoms with E-state index in [0.717, 1.165) is 39.1 Å². The van der Waals surface area contributed by atoms with Crippen molar-refractivity contribution in [3.8, 4) is 11.5 Å². The Morgan fingerprint density at radius 1 is 1.07 bits per heavy atom. The third kappa shape index (κ3) is 4.28. The summed E-state index contributed by atoms with van der Waals surface area (Å²) in [6.07, 6.45) is 0.390. The van der Waals surface area contributed by atoms with Gasteiger partial charge in [-0.15, -0.1) is 0 Å². The van der Waals surface area contributed by atoms with Gasteiger partial charge in [-0.2, -0.15) is 9.37 Å². The van der Waals surface area contributed by atoms with Crippen molar-refractivity contribution in [3.63, 3.8) is 0 Å². The van der Waals surface area contributed by atoms with Crippen LogP contribution >= 0.6 is 11.6 Å². The van der Waals surface area contributed by atoms with Gasteiger partial charge in [0.1, 0.15) is 23.1 Å². The summed E-state index contributed by atoms with van der Waals surface area (Å²) in [4.78, 5) is 7.13. The maximum Gasteiger partial charge on any atom is 0.310 e. The normalized spacial score (nSPS) is 10.8. The van der Waals surface area contributed by atoms with Crippen LogP contribution in [0.25, 0.3) is 10.8 Å². The van der Waals surface area contributed by atoms with Gasteiger partial charge < -0.3 is 14.8 Å². The lowest BCUT2D eigenvalue weighted by Crippen LogP contribution is -1.99. The van der Waals surface area contributed by atoms with E-state index in [0.29, 0.717) is 6.61 Å². The molecule has 1 aromatic heterocycles. The van der Waals surface area contributed by atoms with Crippen LogP contribution in [0.4, 0.5) is 15.9 Å². The highest BCUT2D eigenvalue weighted by Crippen LogP contribution is 2.31. The van der Waals surface area contributed by atoms with Crippen molar-refractivity contribution in [1.82, 2.24) is 9.97 Å². The number of hydrogen-bond donors (Lipinski definition) is 1. The number of methoxy groups -OCH3 is 1. The molecule has 0 aliphatic carbocycles. The molecule has 0 atom stereocenters. The SMILES string of the molecule is COc1ccc(COc2ccc3cc(Nc4nc(F)ncc4Cl)ccc3c2C)cc1. The number of anilines is 2. The zero-order valence-corrected chi connectivity index (χ0v) is 17.2. The van der Waals surface area contributed by atoms with Gasteiger partial charge in [0.15, 0.2) is 5.82 Å². The fraction of sp³-hybridized carbons (Fsp3) is 0.130. The maximum absolute atomic E-state index is 13.3. The second kappa shape index (κ2) is 8.55. The second-order valence-corrected chi connectivity index (χ2v) is 7.13. The summed E-state index contributed by atoms with van der Waals surface area (Å²) in [5.41, 5.74) is 2.84. The smallest absolute Gasteiger partial charge is 0.310 e. The Bertz CT molecular complexity index is 1200. The molecule has 0 saturated carbocycles. The average molecular weight is 424 g/mol. The molecular formula is C23H19ClFN3O2. The first-order chi connectivity index (χ1) is 14.5. The molecule has 0 unspecified atom stereocenters. The predicted molar refractivity (Wildman–Crippen MR) is 116 cm³/mol. The lowest BCUT2D eigenvalue weighted by atomic mass is 10.0. The summed E-state index contributed by atoms with van der Waals surface area (Å²) >= 11 is 6.03. The Morgan fingerprint density at radius 3 is 2.63 bits per heavy atom. The van der Waals surface area contributed by atoms with Crippen LogP contribution in [0.15, 0.2) is 60.8 Å². The molecular weight excluding hydrogens is 405 g/mol. The second-order valence-electron chi connectivity index (χ2n) is 6.72. The zero-order valence-electron chi connectivity index (χ0n) is 16.4. The molecule has 30 heavy (non-hydrogen) atoms. The molecule has 0 aliphatic rings. The number of rotatable bonds is 6. The number of ether oxygens (including phenoxy) is 2. The highest BCUT2D eigenvalue weighted by atomic mass is 35.5. The number of fused-ring (bicyclic) bond motifs is 1. The number of aryl methyl sites for hydroxylation is 1. The van der Waals surface area contributed by atoms with Crippen molar-refractivity contribution in [2.24, 2.45) is 0 Å². The standard InChI is InChI=1S/C23H19ClFN3O2/c1-14-19-9-6-17(27-22-20(24)12-26-23(25)28-22)11-16(19)5-10-21(14)30-13-15-3-7-18(29-2)8-4-15/h3-12H,13H2,1-2H3,(H,26,27,28). The number of nitrogens with one attached hydrogen (secondary N) is 1. The number of hydrogen-bond acceptors (Lipinski definition) is 5. The molecule has 1 N–H and O–H groups in total. The van der Waals surface area contributed by atoms with Gasteiger partial charge >= 0.3 is 6.08 Å². The molecule has 0 saturated heterocycles. The van der Waals surface area contributed by atoms with Crippen molar-refractivity contribution in [3.05, 3.63) is 83.0 Å². The minimum atomic E-state index is -0.836. The summed E-state index contributed by atoms with van der Waals surface area (Å²) in [6, 6.07) is 17.5. The number of aromatic nitrogens is 2. The van der Waals surface area contributed by atoms with Crippen molar-refractivity contribution < 1.29 is 13.9 Å². The summed E-state index contributed by atoms with van der Waals surface area (Å²) in [6.45, 7) is 2.49. The topological polar surface area (TPSA) is 56.3 Å². The van der Waals surface area contributed by atoms with Crippen molar-refractivity contribution in [2.75, 3.05) is 12.4 Å². The van der Waals surface area contributed by atoms with Crippen LogP contribution in [-0.2, 0) is 6.61 Å². The molecule has 1 heterocycles. The Hall–Kier alpha value is -3.38. The first kappa shape index (κ1) is 19.9. The van der Waals surface area contributed by atoms with Gasteiger partial charge in [0.25, 0.3) is 0 Å². The lowest BCUT2D eigenvalue weighted by Gasteiger charge is -2.13. The van der Waals surface area contributed by atoms with Crippen molar-refractivity contribution in [2.45, 2.75) is 13.5 Å². The molecule has 4 rings (SSSR count). The van der Waals surface area contributed by atoms with E-state index in [-0.39, 0.29) is 10.8 Å². The molecule has 0 fully saturated rings. The molecule has 4 aromatic rings. The zero-order chi connectivity index (χ0) is 21.1. The van der Waals surface area contributed by atoms with Crippen LogP contribution in [0.5, 0.6) is 11.5 Å². The van der Waals surface area contributed by atoms with Gasteiger partial charge in [-0.3, -0.25) is 0 Å². The van der Waals surface area contributed by atoms with Gasteiger partial charge in [-0.25, -0.2) is 4.98 Å². The Labute approximate surface area is 178 Å². The van der Waals surface area contributed by atoms with E-state index < -0.39 is 6.08 Å². The van der Waals surface area contributed by atoms with Crippen LogP contribution in [-0.4, -0.2) is 17.1 Å². The quantitative estimate of drug-likeness (QED) is 0.382. The predicted octanol–water partition coefficient (Wildman–Crippen LogP) is 6.06. The molecule has 0 aliphatic heterocycles. The summed E-state index contributed by atoms with van der Waals surface area (Å²) in [7, 11) is 1.64. The van der Waals surface area contributed by atoms with Gasteiger partial charge in [0, 0.05) is 5.69 Å². The van der Waals surface area contributed by atoms with Gasteiger partial charge in [-0.05, 0) is 59.2 Å². The van der Waals surface area contributed by atoms with Crippen molar-refractivity contribution in [1.29, 1.82) is 0 Å². The molecule has 0 amide bonds. The van der Waals surface area contributed by atoms with Gasteiger partial charge in [-0.1, -0.05) is 35.9 Å². The van der Waals surface area contributed by atoms with Crippen LogP contribution in [0.2, 0.25) is 5.02 Å². The van der Waals surface area contributed by atoms with Crippen LogP contribution in [0.3, 0.4) is 0 Å². The first-order valence-corrected chi connectivity index (χ1v) is 9.65. The number of halogens is 2. The third-order valence-corrected chi connectivity index (χ3v) is 5.05. The third-order valence-electron chi connectivity index (χ3n) is 4.77. The van der Waals surface area contributed by atoms with E-state index in [1.807, 2.05) is 61.5 Å². The van der Waals surface area contributed by atoms with Crippen LogP contribution in [0, 0.1) is 13.0 Å². The monoisotopic (exact) mass is 423 g/mol. The highest BCUT2D eigenvalue weighted by Gasteiger charge is 2.09. The number of benzene rings is 3. The Morgan fingerprint density at radius 2 is 1.87 bits per heavy atom. The molecule has 5 nitrogen and oxygen atoms in total. The van der Waals surface area contributed by atoms with E-state index in [1.54, 1.807) is 7.11 Å². The van der Waals surface area contributed by atoms with E-state index in [2.05, 4.69) is 15.3 Å². The molecule has 7 heteroatoms. The lowest BCUT2D eigenvalue weighted by molar-refractivity contribution is 0.304. The van der Waals surface area contributed by atoms with E-state index in [4.69, 9.17) is 21.1 Å².